The second-order valence-electron chi connectivity index (χ2n) is 6.69. The molecule has 1 atom stereocenters. The molecule has 0 aliphatic rings. The third-order valence-electron chi connectivity index (χ3n) is 4.51. The first kappa shape index (κ1) is 22.5. The van der Waals surface area contributed by atoms with Crippen molar-refractivity contribution in [1.82, 2.24) is 4.90 Å². The minimum Gasteiger partial charge on any atom is -0.331 e. The fraction of sp³-hybridized carbons (Fsp3) is 0.400. The fourth-order valence-corrected chi connectivity index (χ4v) is 4.77. The van der Waals surface area contributed by atoms with Gasteiger partial charge >= 0.3 is 7.60 Å². The summed E-state index contributed by atoms with van der Waals surface area (Å²) in [6.45, 7) is 3.84. The van der Waals surface area contributed by atoms with Crippen molar-refractivity contribution >= 4 is 30.6 Å². The van der Waals surface area contributed by atoms with Gasteiger partial charge in [0.05, 0.1) is 6.04 Å². The number of carbonyl (C=O) groups excluding carboxylic acids is 2. The van der Waals surface area contributed by atoms with Crippen molar-refractivity contribution in [1.29, 1.82) is 0 Å². The Labute approximate surface area is 170 Å². The van der Waals surface area contributed by atoms with Gasteiger partial charge < -0.3 is 13.9 Å². The molecule has 2 aromatic rings. The van der Waals surface area contributed by atoms with E-state index in [1.165, 1.54) is 30.5 Å². The smallest absolute Gasteiger partial charge is 0.331 e. The molecule has 6 nitrogen and oxygen atoms in total. The van der Waals surface area contributed by atoms with Crippen LogP contribution < -0.4 is 0 Å². The molecule has 1 aromatic heterocycles. The molecule has 1 aromatic carbocycles. The topological polar surface area (TPSA) is 72.9 Å². The number of amides is 1. The van der Waals surface area contributed by atoms with Crippen LogP contribution in [-0.4, -0.2) is 50.1 Å². The van der Waals surface area contributed by atoms with E-state index in [1.54, 1.807) is 19.2 Å². The largest absolute Gasteiger partial charge is 0.337 e. The quantitative estimate of drug-likeness (QED) is 0.568. The normalized spacial score (nSPS) is 12.6. The standard InChI is InChI=1S/C20H26NO5PS/c1-14-9-15(2)11-16(10-14)20(23)21(3)18(12-17-7-6-8-28-17)19(22)13-27(24,25-4)26-5/h6-11,18H,12-13H2,1-5H3. The molecule has 8 heteroatoms. The third kappa shape index (κ3) is 5.61. The van der Waals surface area contributed by atoms with E-state index in [-0.39, 0.29) is 17.9 Å². The summed E-state index contributed by atoms with van der Waals surface area (Å²) in [5.74, 6) is -0.618. The molecule has 1 amide bonds. The molecule has 0 N–H and O–H groups in total. The van der Waals surface area contributed by atoms with E-state index < -0.39 is 13.6 Å². The average molecular weight is 423 g/mol. The number of hydrogen-bond donors (Lipinski definition) is 0. The van der Waals surface area contributed by atoms with Crippen molar-refractivity contribution in [3.05, 3.63) is 57.3 Å². The highest BCUT2D eigenvalue weighted by atomic mass is 32.1. The van der Waals surface area contributed by atoms with Crippen LogP contribution in [0.4, 0.5) is 0 Å². The van der Waals surface area contributed by atoms with Crippen LogP contribution in [0, 0.1) is 13.8 Å². The van der Waals surface area contributed by atoms with E-state index in [1.807, 2.05) is 37.4 Å². The van der Waals surface area contributed by atoms with Gasteiger partial charge in [-0.2, -0.15) is 0 Å². The van der Waals surface area contributed by atoms with Crippen LogP contribution in [0.25, 0.3) is 0 Å². The number of rotatable bonds is 9. The highest BCUT2D eigenvalue weighted by Crippen LogP contribution is 2.46. The van der Waals surface area contributed by atoms with Crippen LogP contribution >= 0.6 is 18.9 Å². The zero-order valence-corrected chi connectivity index (χ0v) is 18.5. The van der Waals surface area contributed by atoms with E-state index in [4.69, 9.17) is 9.05 Å². The number of nitrogens with zero attached hydrogens (tertiary/aromatic N) is 1. The Morgan fingerprint density at radius 1 is 1.14 bits per heavy atom. The monoisotopic (exact) mass is 423 g/mol. The van der Waals surface area contributed by atoms with E-state index in [0.717, 1.165) is 16.0 Å². The summed E-state index contributed by atoms with van der Waals surface area (Å²) in [7, 11) is 0.568. The zero-order chi connectivity index (χ0) is 20.9. The van der Waals surface area contributed by atoms with Crippen molar-refractivity contribution in [3.63, 3.8) is 0 Å². The zero-order valence-electron chi connectivity index (χ0n) is 16.8. The van der Waals surface area contributed by atoms with Crippen LogP contribution in [0.15, 0.2) is 35.7 Å². The maximum absolute atomic E-state index is 13.1. The van der Waals surface area contributed by atoms with Crippen LogP contribution in [0.2, 0.25) is 0 Å². The van der Waals surface area contributed by atoms with Gasteiger partial charge in [0.25, 0.3) is 5.91 Å². The van der Waals surface area contributed by atoms with E-state index in [2.05, 4.69) is 0 Å². The number of thiophene rings is 1. The first-order chi connectivity index (χ1) is 13.2. The summed E-state index contributed by atoms with van der Waals surface area (Å²) in [6, 6.07) is 8.61. The molecule has 0 fully saturated rings. The van der Waals surface area contributed by atoms with Crippen LogP contribution in [0.1, 0.15) is 26.4 Å². The van der Waals surface area contributed by atoms with Gasteiger partial charge in [-0.3, -0.25) is 14.2 Å². The predicted octanol–water partition coefficient (Wildman–Crippen LogP) is 4.10. The molecule has 0 saturated carbocycles. The Kier molecular flexibility index (Phi) is 7.72. The maximum Gasteiger partial charge on any atom is 0.337 e. The molecule has 0 aliphatic carbocycles. The van der Waals surface area contributed by atoms with Gasteiger partial charge in [-0.1, -0.05) is 23.3 Å². The van der Waals surface area contributed by atoms with Crippen molar-refractivity contribution < 1.29 is 23.2 Å². The summed E-state index contributed by atoms with van der Waals surface area (Å²) in [5.41, 5.74) is 2.47. The Bertz CT molecular complexity index is 852. The summed E-state index contributed by atoms with van der Waals surface area (Å²) in [5, 5.41) is 1.91. The second kappa shape index (κ2) is 9.61. The van der Waals surface area contributed by atoms with Crippen molar-refractivity contribution in [2.75, 3.05) is 27.4 Å². The minimum absolute atomic E-state index is 0.258. The molecule has 0 spiro atoms. The van der Waals surface area contributed by atoms with Crippen molar-refractivity contribution in [3.8, 4) is 0 Å². The predicted molar refractivity (Wildman–Crippen MR) is 111 cm³/mol. The highest BCUT2D eigenvalue weighted by molar-refractivity contribution is 7.54. The molecule has 0 radical (unpaired) electrons. The van der Waals surface area contributed by atoms with Gasteiger partial charge in [0.15, 0.2) is 5.78 Å². The molecule has 152 valence electrons. The number of likely N-dealkylation sites (N-methyl/N-ethyl adjacent to an activating group) is 1. The lowest BCUT2D eigenvalue weighted by Gasteiger charge is -2.28. The Balaban J connectivity index is 2.32. The summed E-state index contributed by atoms with van der Waals surface area (Å²) >= 11 is 1.51. The maximum atomic E-state index is 13.1. The van der Waals surface area contributed by atoms with Crippen LogP contribution in [-0.2, 0) is 24.8 Å². The number of carbonyl (C=O) groups is 2. The third-order valence-corrected chi connectivity index (χ3v) is 7.22. The van der Waals surface area contributed by atoms with Gasteiger partial charge in [0.1, 0.15) is 6.16 Å². The lowest BCUT2D eigenvalue weighted by Crippen LogP contribution is -2.45. The number of benzene rings is 1. The van der Waals surface area contributed by atoms with Gasteiger partial charge in [-0.15, -0.1) is 11.3 Å². The van der Waals surface area contributed by atoms with Gasteiger partial charge in [0.2, 0.25) is 0 Å². The fourth-order valence-electron chi connectivity index (χ4n) is 3.03. The summed E-state index contributed by atoms with van der Waals surface area (Å²) < 4.78 is 22.3. The van der Waals surface area contributed by atoms with Gasteiger partial charge in [-0.05, 0) is 37.4 Å². The number of aryl methyl sites for hydroxylation is 2. The Morgan fingerprint density at radius 2 is 1.75 bits per heavy atom. The van der Waals surface area contributed by atoms with Crippen molar-refractivity contribution in [2.45, 2.75) is 26.3 Å². The molecule has 0 bridgehead atoms. The summed E-state index contributed by atoms with van der Waals surface area (Å²) in [4.78, 5) is 28.4. The Morgan fingerprint density at radius 3 is 2.25 bits per heavy atom. The SMILES string of the molecule is COP(=O)(CC(=O)C(Cc1cccs1)N(C)C(=O)c1cc(C)cc(C)c1)OC. The minimum atomic E-state index is -3.52. The van der Waals surface area contributed by atoms with Crippen LogP contribution in [0.5, 0.6) is 0 Å². The first-order valence-electron chi connectivity index (χ1n) is 8.80. The summed E-state index contributed by atoms with van der Waals surface area (Å²) in [6.07, 6.45) is -0.0442. The number of hydrogen-bond acceptors (Lipinski definition) is 6. The molecule has 2 rings (SSSR count). The molecular formula is C20H26NO5PS. The molecule has 0 aliphatic heterocycles. The second-order valence-corrected chi connectivity index (χ2v) is 9.99. The van der Waals surface area contributed by atoms with Gasteiger partial charge in [0, 0.05) is 38.1 Å². The number of ketones is 1. The molecule has 28 heavy (non-hydrogen) atoms. The lowest BCUT2D eigenvalue weighted by molar-refractivity contribution is -0.120. The van der Waals surface area contributed by atoms with E-state index in [0.29, 0.717) is 12.0 Å². The van der Waals surface area contributed by atoms with Gasteiger partial charge in [-0.25, -0.2) is 0 Å². The first-order valence-corrected chi connectivity index (χ1v) is 11.4. The van der Waals surface area contributed by atoms with E-state index >= 15 is 0 Å². The van der Waals surface area contributed by atoms with E-state index in [9.17, 15) is 14.2 Å². The molecule has 1 unspecified atom stereocenters. The van der Waals surface area contributed by atoms with Crippen molar-refractivity contribution in [2.24, 2.45) is 0 Å². The number of Topliss-reactive ketones (excluding diaryl/α,β-unsaturated/α-hetero) is 1. The molecule has 1 heterocycles. The highest BCUT2D eigenvalue weighted by Gasteiger charge is 2.34. The average Bonchev–Trinajstić information content (AvgIpc) is 3.17. The molecule has 0 saturated heterocycles. The van der Waals surface area contributed by atoms with Crippen LogP contribution in [0.3, 0.4) is 0 Å². The molecular weight excluding hydrogens is 397 g/mol. The lowest BCUT2D eigenvalue weighted by atomic mass is 10.0. The Hall–Kier alpha value is -1.79.